The smallest absolute Gasteiger partial charge is 0.221 e. The first-order chi connectivity index (χ1) is 6.75. The number of H-pyrrole nitrogens is 1. The molecule has 14 heavy (non-hydrogen) atoms. The number of hydrogen-bond donors (Lipinski definition) is 2. The van der Waals surface area contributed by atoms with Gasteiger partial charge in [-0.2, -0.15) is 5.10 Å². The molecule has 0 aliphatic heterocycles. The number of aromatic amines is 1. The molecule has 0 aliphatic rings. The largest absolute Gasteiger partial charge is 0.368 e. The Labute approximate surface area is 91.9 Å². The maximum absolute atomic E-state index is 5.45. The minimum atomic E-state index is 0.232. The number of halogens is 1. The zero-order valence-corrected chi connectivity index (χ0v) is 9.21. The van der Waals surface area contributed by atoms with Crippen LogP contribution < -0.4 is 5.73 Å². The van der Waals surface area contributed by atoms with E-state index in [0.717, 1.165) is 4.47 Å². The average Bonchev–Trinajstić information content (AvgIpc) is 2.64. The van der Waals surface area contributed by atoms with Crippen LogP contribution in [-0.2, 0) is 0 Å². The molecular weight excluding hydrogens is 268 g/mol. The molecule has 2 heterocycles. The summed E-state index contributed by atoms with van der Waals surface area (Å²) in [5.74, 6) is 0.232. The van der Waals surface area contributed by atoms with Gasteiger partial charge in [-0.25, -0.2) is 15.0 Å². The Morgan fingerprint density at radius 1 is 1.43 bits per heavy atom. The predicted octanol–water partition coefficient (Wildman–Crippen LogP) is 1.09. The lowest BCUT2D eigenvalue weighted by Gasteiger charge is -2.00. The number of aromatic nitrogens is 5. The maximum atomic E-state index is 5.45. The highest BCUT2D eigenvalue weighted by molar-refractivity contribution is 9.10. The minimum Gasteiger partial charge on any atom is -0.368 e. The quantitative estimate of drug-likeness (QED) is 0.795. The molecule has 0 amide bonds. The van der Waals surface area contributed by atoms with Gasteiger partial charge in [0, 0.05) is 6.20 Å². The van der Waals surface area contributed by atoms with Crippen LogP contribution in [0.2, 0.25) is 0 Å². The van der Waals surface area contributed by atoms with Crippen molar-refractivity contribution in [3.8, 4) is 0 Å². The molecule has 3 N–H and O–H groups in total. The summed E-state index contributed by atoms with van der Waals surface area (Å²) >= 11 is 4.64. The summed E-state index contributed by atoms with van der Waals surface area (Å²) in [6, 6.07) is 0. The summed E-state index contributed by atoms with van der Waals surface area (Å²) in [5, 5.41) is 7.79. The van der Waals surface area contributed by atoms with Gasteiger partial charge in [-0.1, -0.05) is 0 Å². The molecule has 0 unspecified atom stereocenters. The molecule has 0 radical (unpaired) electrons. The van der Waals surface area contributed by atoms with E-state index < -0.39 is 0 Å². The molecule has 0 atom stereocenters. The van der Waals surface area contributed by atoms with Gasteiger partial charge in [-0.05, 0) is 27.7 Å². The summed E-state index contributed by atoms with van der Waals surface area (Å²) in [6.07, 6.45) is 3.03. The lowest BCUT2D eigenvalue weighted by atomic mass is 10.7. The zero-order valence-electron chi connectivity index (χ0n) is 6.81. The molecule has 0 saturated carbocycles. The Hall–Kier alpha value is -1.15. The second-order valence-corrected chi connectivity index (χ2v) is 4.11. The van der Waals surface area contributed by atoms with Crippen molar-refractivity contribution in [1.29, 1.82) is 0 Å². The highest BCUT2D eigenvalue weighted by Crippen LogP contribution is 2.28. The molecule has 0 bridgehead atoms. The van der Waals surface area contributed by atoms with Gasteiger partial charge in [0.15, 0.2) is 5.16 Å². The van der Waals surface area contributed by atoms with Crippen molar-refractivity contribution < 1.29 is 0 Å². The number of hydrogen-bond acceptors (Lipinski definition) is 6. The van der Waals surface area contributed by atoms with Crippen LogP contribution in [0.25, 0.3) is 0 Å². The van der Waals surface area contributed by atoms with E-state index in [0.29, 0.717) is 10.2 Å². The molecule has 8 heteroatoms. The van der Waals surface area contributed by atoms with Crippen LogP contribution in [0.1, 0.15) is 0 Å². The fourth-order valence-electron chi connectivity index (χ4n) is 0.771. The van der Waals surface area contributed by atoms with Gasteiger partial charge in [0.1, 0.15) is 11.4 Å². The Balaban J connectivity index is 2.28. The Bertz CT molecular complexity index is 430. The summed E-state index contributed by atoms with van der Waals surface area (Å²) < 4.78 is 0.771. The van der Waals surface area contributed by atoms with Gasteiger partial charge < -0.3 is 5.73 Å². The molecule has 2 aromatic rings. The first kappa shape index (κ1) is 9.41. The van der Waals surface area contributed by atoms with Crippen molar-refractivity contribution in [3.05, 3.63) is 17.0 Å². The van der Waals surface area contributed by atoms with Gasteiger partial charge >= 0.3 is 0 Å². The third kappa shape index (κ3) is 2.02. The fourth-order valence-corrected chi connectivity index (χ4v) is 1.88. The Kier molecular flexibility index (Phi) is 2.64. The second kappa shape index (κ2) is 3.93. The molecule has 0 spiro atoms. The standard InChI is InChI=1S/C6H5BrN6S/c7-3-1-9-5(8)12-4(3)14-6-10-2-11-13-6/h1-2H,(H2,8,9,12)(H,10,11,13). The van der Waals surface area contributed by atoms with E-state index in [2.05, 4.69) is 41.1 Å². The maximum Gasteiger partial charge on any atom is 0.221 e. The van der Waals surface area contributed by atoms with Crippen molar-refractivity contribution in [2.24, 2.45) is 0 Å². The summed E-state index contributed by atoms with van der Waals surface area (Å²) in [5.41, 5.74) is 5.45. The number of nitrogen functional groups attached to an aromatic ring is 1. The van der Waals surface area contributed by atoms with Crippen LogP contribution in [0.3, 0.4) is 0 Å². The molecular formula is C6H5BrN6S. The predicted molar refractivity (Wildman–Crippen MR) is 54.7 cm³/mol. The van der Waals surface area contributed by atoms with Crippen LogP contribution in [0.5, 0.6) is 0 Å². The van der Waals surface area contributed by atoms with E-state index in [9.17, 15) is 0 Å². The number of nitrogens with one attached hydrogen (secondary N) is 1. The van der Waals surface area contributed by atoms with Gasteiger partial charge in [0.05, 0.1) is 4.47 Å². The minimum absolute atomic E-state index is 0.232. The first-order valence-electron chi connectivity index (χ1n) is 3.57. The molecule has 72 valence electrons. The van der Waals surface area contributed by atoms with Crippen molar-refractivity contribution in [1.82, 2.24) is 25.1 Å². The SMILES string of the molecule is Nc1ncc(Br)c(Sc2ncn[nH]2)n1. The van der Waals surface area contributed by atoms with Crippen LogP contribution in [0.4, 0.5) is 5.95 Å². The monoisotopic (exact) mass is 272 g/mol. The van der Waals surface area contributed by atoms with E-state index >= 15 is 0 Å². The number of nitrogens with zero attached hydrogens (tertiary/aromatic N) is 4. The summed E-state index contributed by atoms with van der Waals surface area (Å²) in [7, 11) is 0. The highest BCUT2D eigenvalue weighted by atomic mass is 79.9. The molecule has 6 nitrogen and oxygen atoms in total. The first-order valence-corrected chi connectivity index (χ1v) is 5.18. The van der Waals surface area contributed by atoms with Crippen molar-refractivity contribution >= 4 is 33.6 Å². The highest BCUT2D eigenvalue weighted by Gasteiger charge is 2.07. The molecule has 0 saturated heterocycles. The number of nitrogens with two attached hydrogens (primary N) is 1. The molecule has 0 fully saturated rings. The van der Waals surface area contributed by atoms with Crippen LogP contribution >= 0.6 is 27.7 Å². The van der Waals surface area contributed by atoms with E-state index in [1.165, 1.54) is 18.1 Å². The Morgan fingerprint density at radius 3 is 3.00 bits per heavy atom. The molecule has 0 aliphatic carbocycles. The normalized spacial score (nSPS) is 10.4. The van der Waals surface area contributed by atoms with Crippen LogP contribution in [0, 0.1) is 0 Å². The van der Waals surface area contributed by atoms with E-state index in [1.54, 1.807) is 6.20 Å². The molecule has 2 rings (SSSR count). The fraction of sp³-hybridized carbons (Fsp3) is 0. The zero-order chi connectivity index (χ0) is 9.97. The number of anilines is 1. The number of rotatable bonds is 2. The van der Waals surface area contributed by atoms with Gasteiger partial charge in [-0.15, -0.1) is 0 Å². The third-order valence-corrected chi connectivity index (χ3v) is 3.05. The van der Waals surface area contributed by atoms with E-state index in [1.807, 2.05) is 0 Å². The van der Waals surface area contributed by atoms with Crippen molar-refractivity contribution in [2.75, 3.05) is 5.73 Å². The van der Waals surface area contributed by atoms with Gasteiger partial charge in [0.25, 0.3) is 0 Å². The summed E-state index contributed by atoms with van der Waals surface area (Å²) in [6.45, 7) is 0. The topological polar surface area (TPSA) is 93.4 Å². The Morgan fingerprint density at radius 2 is 2.29 bits per heavy atom. The van der Waals surface area contributed by atoms with E-state index in [4.69, 9.17) is 5.73 Å². The average molecular weight is 273 g/mol. The third-order valence-electron chi connectivity index (χ3n) is 1.32. The molecule has 2 aromatic heterocycles. The second-order valence-electron chi connectivity index (χ2n) is 2.27. The molecule has 0 aromatic carbocycles. The van der Waals surface area contributed by atoms with Crippen molar-refractivity contribution in [3.63, 3.8) is 0 Å². The van der Waals surface area contributed by atoms with Crippen molar-refractivity contribution in [2.45, 2.75) is 10.2 Å². The lowest BCUT2D eigenvalue weighted by molar-refractivity contribution is 0.961. The van der Waals surface area contributed by atoms with Crippen LogP contribution in [0.15, 0.2) is 27.2 Å². The summed E-state index contributed by atoms with van der Waals surface area (Å²) in [4.78, 5) is 11.8. The van der Waals surface area contributed by atoms with Crippen LogP contribution in [-0.4, -0.2) is 25.1 Å². The van der Waals surface area contributed by atoms with Gasteiger partial charge in [0.2, 0.25) is 5.95 Å². The van der Waals surface area contributed by atoms with E-state index in [-0.39, 0.29) is 5.95 Å². The van der Waals surface area contributed by atoms with Gasteiger partial charge in [-0.3, -0.25) is 5.10 Å². The lowest BCUT2D eigenvalue weighted by Crippen LogP contribution is -1.95.